The summed E-state index contributed by atoms with van der Waals surface area (Å²) in [7, 11) is 0. The van der Waals surface area contributed by atoms with Crippen LogP contribution < -0.4 is 5.32 Å². The van der Waals surface area contributed by atoms with Crippen molar-refractivity contribution in [3.05, 3.63) is 70.2 Å². The lowest BCUT2D eigenvalue weighted by atomic mass is 9.92. The number of hydrogen-bond donors (Lipinski definition) is 1. The molecule has 158 valence electrons. The molecule has 1 N–H and O–H groups in total. The van der Waals surface area contributed by atoms with Crippen molar-refractivity contribution in [3.63, 3.8) is 0 Å². The molecule has 30 heavy (non-hydrogen) atoms. The van der Waals surface area contributed by atoms with Gasteiger partial charge in [-0.3, -0.25) is 14.4 Å². The van der Waals surface area contributed by atoms with Crippen molar-refractivity contribution in [2.75, 3.05) is 13.1 Å². The Morgan fingerprint density at radius 3 is 2.47 bits per heavy atom. The third kappa shape index (κ3) is 5.92. The van der Waals surface area contributed by atoms with Gasteiger partial charge in [0.25, 0.3) is 5.91 Å². The second kappa shape index (κ2) is 10.4. The minimum Gasteiger partial charge on any atom is -0.352 e. The quantitative estimate of drug-likeness (QED) is 0.663. The van der Waals surface area contributed by atoms with E-state index in [0.29, 0.717) is 41.6 Å². The number of ketones is 1. The Balaban J connectivity index is 1.47. The topological polar surface area (TPSA) is 66.5 Å². The minimum atomic E-state index is -0.0158. The molecule has 3 rings (SSSR count). The molecule has 0 aromatic heterocycles. The molecule has 0 unspecified atom stereocenters. The number of benzene rings is 2. The molecule has 0 bridgehead atoms. The largest absolute Gasteiger partial charge is 0.352 e. The number of nitrogens with one attached hydrogen (secondary N) is 1. The summed E-state index contributed by atoms with van der Waals surface area (Å²) in [5, 5.41) is 3.57. The molecule has 1 aliphatic rings. The van der Waals surface area contributed by atoms with Gasteiger partial charge in [0, 0.05) is 42.2 Å². The zero-order valence-corrected chi connectivity index (χ0v) is 18.0. The number of carbonyl (C=O) groups is 3. The van der Waals surface area contributed by atoms with Gasteiger partial charge in [0.05, 0.1) is 0 Å². The summed E-state index contributed by atoms with van der Waals surface area (Å²) in [6.45, 7) is 3.31. The Hall–Kier alpha value is -2.66. The summed E-state index contributed by atoms with van der Waals surface area (Å²) in [5.41, 5.74) is 2.10. The van der Waals surface area contributed by atoms with E-state index in [4.69, 9.17) is 11.6 Å². The number of nitrogens with zero attached hydrogens (tertiary/aromatic N) is 1. The SMILES string of the molecule is CC(=O)c1ccc(C(=O)N2CCC[C@H](CCC(=O)NCc3ccccc3Cl)C2)cc1. The molecule has 0 radical (unpaired) electrons. The highest BCUT2D eigenvalue weighted by Crippen LogP contribution is 2.23. The zero-order chi connectivity index (χ0) is 21.5. The molecule has 1 atom stereocenters. The summed E-state index contributed by atoms with van der Waals surface area (Å²) < 4.78 is 0. The number of piperidine rings is 1. The summed E-state index contributed by atoms with van der Waals surface area (Å²) >= 11 is 6.12. The van der Waals surface area contributed by atoms with E-state index in [1.807, 2.05) is 29.2 Å². The summed E-state index contributed by atoms with van der Waals surface area (Å²) in [6.07, 6.45) is 3.14. The lowest BCUT2D eigenvalue weighted by molar-refractivity contribution is -0.121. The fourth-order valence-corrected chi connectivity index (χ4v) is 3.98. The lowest BCUT2D eigenvalue weighted by Gasteiger charge is -2.33. The predicted molar refractivity (Wildman–Crippen MR) is 118 cm³/mol. The van der Waals surface area contributed by atoms with E-state index in [0.717, 1.165) is 31.4 Å². The normalized spacial score (nSPS) is 16.2. The van der Waals surface area contributed by atoms with Crippen LogP contribution in [-0.2, 0) is 11.3 Å². The van der Waals surface area contributed by atoms with Crippen LogP contribution in [0, 0.1) is 5.92 Å². The molecule has 1 aliphatic heterocycles. The van der Waals surface area contributed by atoms with E-state index < -0.39 is 0 Å². The highest BCUT2D eigenvalue weighted by Gasteiger charge is 2.25. The molecule has 2 aromatic rings. The number of Topliss-reactive ketones (excluding diaryl/α,β-unsaturated/α-hetero) is 1. The van der Waals surface area contributed by atoms with Gasteiger partial charge >= 0.3 is 0 Å². The van der Waals surface area contributed by atoms with Crippen LogP contribution in [0.2, 0.25) is 5.02 Å². The van der Waals surface area contributed by atoms with Gasteiger partial charge in [-0.15, -0.1) is 0 Å². The van der Waals surface area contributed by atoms with Crippen molar-refractivity contribution < 1.29 is 14.4 Å². The molecule has 2 amide bonds. The highest BCUT2D eigenvalue weighted by atomic mass is 35.5. The molecule has 0 spiro atoms. The van der Waals surface area contributed by atoms with Gasteiger partial charge in [-0.2, -0.15) is 0 Å². The maximum Gasteiger partial charge on any atom is 0.253 e. The molecule has 1 heterocycles. The van der Waals surface area contributed by atoms with E-state index in [-0.39, 0.29) is 17.6 Å². The smallest absolute Gasteiger partial charge is 0.253 e. The summed E-state index contributed by atoms with van der Waals surface area (Å²) in [4.78, 5) is 38.3. The van der Waals surface area contributed by atoms with Gasteiger partial charge in [0.15, 0.2) is 5.78 Å². The van der Waals surface area contributed by atoms with Crippen LogP contribution in [0.5, 0.6) is 0 Å². The average Bonchev–Trinajstić information content (AvgIpc) is 2.77. The first kappa shape index (κ1) is 22.0. The number of likely N-dealkylation sites (tertiary alicyclic amines) is 1. The molecule has 0 saturated carbocycles. The first-order valence-corrected chi connectivity index (χ1v) is 10.7. The fraction of sp³-hybridized carbons (Fsp3) is 0.375. The van der Waals surface area contributed by atoms with Crippen LogP contribution in [0.3, 0.4) is 0 Å². The lowest BCUT2D eigenvalue weighted by Crippen LogP contribution is -2.40. The first-order valence-electron chi connectivity index (χ1n) is 10.3. The molecular formula is C24H27ClN2O3. The standard InChI is InChI=1S/C24H27ClN2O3/c1-17(28)19-9-11-20(12-10-19)24(30)27-14-4-5-18(16-27)8-13-23(29)26-15-21-6-2-3-7-22(21)25/h2-3,6-7,9-12,18H,4-5,8,13-16H2,1H3,(H,26,29)/t18-/m1/s1. The fourth-order valence-electron chi connectivity index (χ4n) is 3.77. The zero-order valence-electron chi connectivity index (χ0n) is 17.2. The Labute approximate surface area is 182 Å². The third-order valence-electron chi connectivity index (χ3n) is 5.56. The highest BCUT2D eigenvalue weighted by molar-refractivity contribution is 6.31. The van der Waals surface area contributed by atoms with Crippen molar-refractivity contribution in [1.29, 1.82) is 0 Å². The van der Waals surface area contributed by atoms with E-state index in [1.54, 1.807) is 24.3 Å². The number of halogens is 1. The number of amides is 2. The number of carbonyl (C=O) groups excluding carboxylic acids is 3. The van der Waals surface area contributed by atoms with Crippen LogP contribution in [0.25, 0.3) is 0 Å². The van der Waals surface area contributed by atoms with Gasteiger partial charge in [-0.1, -0.05) is 41.9 Å². The van der Waals surface area contributed by atoms with Gasteiger partial charge in [0.1, 0.15) is 0 Å². The van der Waals surface area contributed by atoms with Gasteiger partial charge in [0.2, 0.25) is 5.91 Å². The molecule has 6 heteroatoms. The van der Waals surface area contributed by atoms with Crippen molar-refractivity contribution in [2.45, 2.75) is 39.2 Å². The van der Waals surface area contributed by atoms with Crippen LogP contribution in [0.1, 0.15) is 58.9 Å². The average molecular weight is 427 g/mol. The minimum absolute atomic E-state index is 0.00167. The molecular weight excluding hydrogens is 400 g/mol. The second-order valence-corrected chi connectivity index (χ2v) is 8.21. The van der Waals surface area contributed by atoms with Crippen LogP contribution >= 0.6 is 11.6 Å². The van der Waals surface area contributed by atoms with E-state index in [1.165, 1.54) is 6.92 Å². The van der Waals surface area contributed by atoms with Gasteiger partial charge < -0.3 is 10.2 Å². The van der Waals surface area contributed by atoms with E-state index in [9.17, 15) is 14.4 Å². The van der Waals surface area contributed by atoms with Crippen LogP contribution in [0.4, 0.5) is 0 Å². The molecule has 1 saturated heterocycles. The number of rotatable bonds is 7. The van der Waals surface area contributed by atoms with E-state index >= 15 is 0 Å². The van der Waals surface area contributed by atoms with Crippen LogP contribution in [-0.4, -0.2) is 35.6 Å². The summed E-state index contributed by atoms with van der Waals surface area (Å²) in [6, 6.07) is 14.3. The third-order valence-corrected chi connectivity index (χ3v) is 5.93. The second-order valence-electron chi connectivity index (χ2n) is 7.80. The van der Waals surface area contributed by atoms with Crippen molar-refractivity contribution in [1.82, 2.24) is 10.2 Å². The van der Waals surface area contributed by atoms with Crippen molar-refractivity contribution in [3.8, 4) is 0 Å². The maximum absolute atomic E-state index is 12.8. The Morgan fingerprint density at radius 1 is 1.07 bits per heavy atom. The van der Waals surface area contributed by atoms with Crippen molar-refractivity contribution >= 4 is 29.2 Å². The Bertz CT molecular complexity index is 911. The predicted octanol–water partition coefficient (Wildman–Crippen LogP) is 4.49. The van der Waals surface area contributed by atoms with Crippen LogP contribution in [0.15, 0.2) is 48.5 Å². The molecule has 5 nitrogen and oxygen atoms in total. The van der Waals surface area contributed by atoms with Crippen molar-refractivity contribution in [2.24, 2.45) is 5.92 Å². The van der Waals surface area contributed by atoms with E-state index in [2.05, 4.69) is 5.32 Å². The molecule has 0 aliphatic carbocycles. The van der Waals surface area contributed by atoms with Gasteiger partial charge in [-0.25, -0.2) is 0 Å². The maximum atomic E-state index is 12.8. The first-order chi connectivity index (χ1) is 14.4. The van der Waals surface area contributed by atoms with Gasteiger partial charge in [-0.05, 0) is 55.9 Å². The molecule has 1 fully saturated rings. The Morgan fingerprint density at radius 2 is 1.77 bits per heavy atom. The monoisotopic (exact) mass is 426 g/mol. The molecule has 2 aromatic carbocycles. The Kier molecular flexibility index (Phi) is 7.63. The summed E-state index contributed by atoms with van der Waals surface area (Å²) in [5.74, 6) is 0.279. The number of hydrogen-bond acceptors (Lipinski definition) is 3.